The number of rotatable bonds is 3. The minimum atomic E-state index is -2.07. The number of fused-ring (bicyclic) bond motifs is 14. The molecule has 9 atom stereocenters. The van der Waals surface area contributed by atoms with Crippen LogP contribution in [0.4, 0.5) is 5.69 Å². The fourth-order valence-corrected chi connectivity index (χ4v) is 6.93. The summed E-state index contributed by atoms with van der Waals surface area (Å²) in [6, 6.07) is 0. The van der Waals surface area contributed by atoms with Crippen molar-refractivity contribution >= 4 is 40.3 Å². The Kier molecular flexibility index (Phi) is 12.2. The van der Waals surface area contributed by atoms with Crippen LogP contribution in [0, 0.1) is 30.6 Å². The maximum Gasteiger partial charge on any atom is 0.312 e. The molecule has 0 radical (unpaired) electrons. The zero-order valence-corrected chi connectivity index (χ0v) is 31.1. The van der Waals surface area contributed by atoms with Gasteiger partial charge in [-0.25, -0.2) is 0 Å². The number of anilines is 1. The van der Waals surface area contributed by atoms with Crippen LogP contribution in [-0.4, -0.2) is 91.9 Å². The van der Waals surface area contributed by atoms with Crippen molar-refractivity contribution in [2.45, 2.75) is 85.6 Å². The number of hydrogen-bond acceptors (Lipinski definition) is 14. The number of aliphatic hydroxyl groups is 2. The van der Waals surface area contributed by atoms with Crippen molar-refractivity contribution in [1.82, 2.24) is 0 Å². The standard InChI is InChI=1S/C38H48N2O13/c1-16-11-10-12-17(2)37(48)40-28-23(15-39-49)32(45)25-26(33(28)46)31(44)21(6)35-27(25)36(47)38(8,53-35)51-14-13-24(50-9)18(3)34(52-22(7)41)20(5)30(43)19(4)29(16)42/h10-16,18-20,24,29-30,34,42-46,49H,1-9H3,(H,40,48). The fourth-order valence-electron chi connectivity index (χ4n) is 6.93. The van der Waals surface area contributed by atoms with Gasteiger partial charge in [-0.3, -0.25) is 14.4 Å². The number of amides is 1. The average molecular weight is 741 g/mol. The predicted molar refractivity (Wildman–Crippen MR) is 193 cm³/mol. The van der Waals surface area contributed by atoms with Gasteiger partial charge in [-0.05, 0) is 19.9 Å². The van der Waals surface area contributed by atoms with Gasteiger partial charge in [0.1, 0.15) is 23.4 Å². The number of methoxy groups -OCH3 is 1. The number of oxime groups is 1. The molecule has 3 aliphatic rings. The molecule has 3 aliphatic heterocycles. The van der Waals surface area contributed by atoms with Crippen molar-refractivity contribution in [3.05, 3.63) is 52.8 Å². The van der Waals surface area contributed by atoms with Gasteiger partial charge in [-0.2, -0.15) is 0 Å². The largest absolute Gasteiger partial charge is 0.507 e. The van der Waals surface area contributed by atoms with Gasteiger partial charge in [0.2, 0.25) is 0 Å². The van der Waals surface area contributed by atoms with E-state index in [0.29, 0.717) is 0 Å². The summed E-state index contributed by atoms with van der Waals surface area (Å²) in [5.41, 5.74) is -0.978. The smallest absolute Gasteiger partial charge is 0.312 e. The van der Waals surface area contributed by atoms with Crippen molar-refractivity contribution in [1.29, 1.82) is 0 Å². The number of benzene rings is 2. The lowest BCUT2D eigenvalue weighted by Gasteiger charge is -2.38. The number of nitrogens with one attached hydrogen (secondary N) is 1. The maximum atomic E-state index is 14.1. The number of carbonyl (C=O) groups is 3. The Morgan fingerprint density at radius 3 is 2.23 bits per heavy atom. The number of aliphatic hydroxyl groups excluding tert-OH is 2. The fraction of sp³-hybridized carbons (Fsp3) is 0.474. The monoisotopic (exact) mass is 740 g/mol. The Morgan fingerprint density at radius 2 is 1.62 bits per heavy atom. The molecule has 0 aliphatic carbocycles. The molecule has 5 bridgehead atoms. The molecule has 2 aromatic carbocycles. The summed E-state index contributed by atoms with van der Waals surface area (Å²) in [6.07, 6.45) is 4.01. The molecule has 0 saturated carbocycles. The topological polar surface area (TPSA) is 234 Å². The van der Waals surface area contributed by atoms with Crippen molar-refractivity contribution in [2.75, 3.05) is 12.4 Å². The van der Waals surface area contributed by atoms with Crippen LogP contribution in [-0.2, 0) is 23.8 Å². The summed E-state index contributed by atoms with van der Waals surface area (Å²) in [5, 5.41) is 71.2. The van der Waals surface area contributed by atoms with Crippen LogP contribution in [0.15, 0.2) is 41.3 Å². The van der Waals surface area contributed by atoms with Crippen molar-refractivity contribution in [2.24, 2.45) is 28.8 Å². The summed E-state index contributed by atoms with van der Waals surface area (Å²) in [5.74, 6) is -9.00. The minimum absolute atomic E-state index is 0.00476. The first-order chi connectivity index (χ1) is 24.8. The third-order valence-corrected chi connectivity index (χ3v) is 10.2. The highest BCUT2D eigenvalue weighted by molar-refractivity contribution is 6.23. The summed E-state index contributed by atoms with van der Waals surface area (Å²) in [6.45, 7) is 12.2. The molecule has 288 valence electrons. The molecule has 0 aromatic heterocycles. The lowest BCUT2D eigenvalue weighted by Crippen LogP contribution is -2.46. The van der Waals surface area contributed by atoms with E-state index in [2.05, 4.69) is 10.5 Å². The molecule has 15 heteroatoms. The maximum absolute atomic E-state index is 14.1. The highest BCUT2D eigenvalue weighted by atomic mass is 16.7. The van der Waals surface area contributed by atoms with Gasteiger partial charge in [0.25, 0.3) is 11.7 Å². The normalized spacial score (nSPS) is 30.0. The highest BCUT2D eigenvalue weighted by Crippen LogP contribution is 2.55. The van der Waals surface area contributed by atoms with Crippen LogP contribution in [0.1, 0.15) is 70.0 Å². The molecule has 0 saturated heterocycles. The molecule has 1 amide bonds. The van der Waals surface area contributed by atoms with E-state index in [1.165, 1.54) is 53.0 Å². The number of nitrogens with zero attached hydrogens (tertiary/aromatic N) is 1. The summed E-state index contributed by atoms with van der Waals surface area (Å²) < 4.78 is 23.2. The van der Waals surface area contributed by atoms with Crippen molar-refractivity contribution in [3.8, 4) is 23.0 Å². The molecule has 0 fully saturated rings. The van der Waals surface area contributed by atoms with E-state index in [1.807, 2.05) is 0 Å². The number of esters is 1. The molecule has 5 rings (SSSR count). The number of carbonyl (C=O) groups excluding carboxylic acids is 3. The summed E-state index contributed by atoms with van der Waals surface area (Å²) >= 11 is 0. The van der Waals surface area contributed by atoms with E-state index in [1.54, 1.807) is 33.8 Å². The second-order valence-corrected chi connectivity index (χ2v) is 13.9. The average Bonchev–Trinajstić information content (AvgIpc) is 3.38. The van der Waals surface area contributed by atoms with Gasteiger partial charge in [0.05, 0.1) is 53.0 Å². The summed E-state index contributed by atoms with van der Waals surface area (Å²) in [4.78, 5) is 39.7. The SMILES string of the molecule is COC1C=COC2(C)Oc3c(C)c(O)c4c(O)c(c(C=NO)c(O)c4c3C2=O)NC(=O)C(C)=CC=CC(C)C(O)C(C)C(O)C(C)C(OC(C)=O)C1C. The molecule has 0 spiro atoms. The van der Waals surface area contributed by atoms with Gasteiger partial charge in [0, 0.05) is 61.2 Å². The number of ether oxygens (including phenoxy) is 4. The first-order valence-corrected chi connectivity index (χ1v) is 17.1. The Balaban J connectivity index is 1.95. The van der Waals surface area contributed by atoms with Gasteiger partial charge in [0.15, 0.2) is 5.75 Å². The van der Waals surface area contributed by atoms with Crippen molar-refractivity contribution in [3.63, 3.8) is 0 Å². The number of phenols is 3. The molecule has 3 heterocycles. The number of ketones is 1. The van der Waals surface area contributed by atoms with Gasteiger partial charge in [-0.15, -0.1) is 0 Å². The van der Waals surface area contributed by atoms with E-state index in [0.717, 1.165) is 12.5 Å². The zero-order chi connectivity index (χ0) is 39.7. The Bertz CT molecular complexity index is 1900. The van der Waals surface area contributed by atoms with Crippen LogP contribution in [0.2, 0.25) is 0 Å². The van der Waals surface area contributed by atoms with Crippen molar-refractivity contribution < 1.29 is 64.1 Å². The lowest BCUT2D eigenvalue weighted by molar-refractivity contribution is -0.160. The van der Waals surface area contributed by atoms with Crippen LogP contribution in [0.5, 0.6) is 23.0 Å². The first kappa shape index (κ1) is 40.6. The van der Waals surface area contributed by atoms with Crippen LogP contribution < -0.4 is 10.1 Å². The number of hydrogen-bond donors (Lipinski definition) is 7. The minimum Gasteiger partial charge on any atom is -0.507 e. The van der Waals surface area contributed by atoms with Crippen LogP contribution in [0.25, 0.3) is 10.8 Å². The van der Waals surface area contributed by atoms with E-state index in [4.69, 9.17) is 18.9 Å². The predicted octanol–water partition coefficient (Wildman–Crippen LogP) is 4.56. The van der Waals surface area contributed by atoms with E-state index >= 15 is 0 Å². The molecule has 9 unspecified atom stereocenters. The van der Waals surface area contributed by atoms with Gasteiger partial charge in [-0.1, -0.05) is 51.1 Å². The third-order valence-electron chi connectivity index (χ3n) is 10.2. The Labute approximate surface area is 306 Å². The Morgan fingerprint density at radius 1 is 0.962 bits per heavy atom. The number of phenolic OH excluding ortho intramolecular Hbond substituents is 3. The zero-order valence-electron chi connectivity index (χ0n) is 31.1. The van der Waals surface area contributed by atoms with Crippen LogP contribution in [0.3, 0.4) is 0 Å². The summed E-state index contributed by atoms with van der Waals surface area (Å²) in [7, 11) is 1.41. The van der Waals surface area contributed by atoms with E-state index < -0.39 is 105 Å². The van der Waals surface area contributed by atoms with Gasteiger partial charge >= 0.3 is 11.8 Å². The molecule has 15 nitrogen and oxygen atoms in total. The van der Waals surface area contributed by atoms with E-state index in [-0.39, 0.29) is 27.8 Å². The second kappa shape index (κ2) is 15.9. The number of aromatic hydroxyl groups is 3. The Hall–Kier alpha value is -5.12. The van der Waals surface area contributed by atoms with Gasteiger partial charge < -0.3 is 55.0 Å². The third kappa shape index (κ3) is 7.54. The first-order valence-electron chi connectivity index (χ1n) is 17.1. The highest BCUT2D eigenvalue weighted by Gasteiger charge is 2.50. The second-order valence-electron chi connectivity index (χ2n) is 13.9. The molecule has 7 N–H and O–H groups in total. The molecular weight excluding hydrogens is 692 g/mol. The molecule has 2 aromatic rings. The molecular formula is C38H48N2O13. The molecule has 53 heavy (non-hydrogen) atoms. The quantitative estimate of drug-likeness (QED) is 0.0572. The van der Waals surface area contributed by atoms with Crippen LogP contribution >= 0.6 is 0 Å². The number of Topliss-reactive ketones (excluding diaryl/α,β-unsaturated/α-hetero) is 1. The lowest BCUT2D eigenvalue weighted by atomic mass is 9.78. The number of allylic oxidation sites excluding steroid dienone is 2. The van der Waals surface area contributed by atoms with E-state index in [9.17, 15) is 45.1 Å².